The Morgan fingerprint density at radius 3 is 1.69 bits per heavy atom. The quantitative estimate of drug-likeness (QED) is 0.0257. The number of aliphatic hydroxyl groups is 3. The number of aliphatic hydroxyl groups excluding tert-OH is 3. The molecule has 23 N–H and O–H groups in total. The van der Waals surface area contributed by atoms with E-state index in [1.165, 1.54) is 24.3 Å². The first-order chi connectivity index (χ1) is 52.5. The molecule has 2 aliphatic rings. The van der Waals surface area contributed by atoms with Gasteiger partial charge in [0.2, 0.25) is 70.9 Å². The first kappa shape index (κ1) is 87.0. The van der Waals surface area contributed by atoms with Gasteiger partial charge in [-0.15, -0.1) is 0 Å². The van der Waals surface area contributed by atoms with Crippen LogP contribution in [-0.2, 0) is 94.6 Å². The number of fused-ring (bicyclic) bond motifs is 8. The number of benzene rings is 4. The molecule has 5 aromatic rings. The molecule has 14 atom stereocenters. The largest absolute Gasteiger partial charge is 0.508 e. The van der Waals surface area contributed by atoms with Gasteiger partial charge in [0.15, 0.2) is 0 Å². The SMILES string of the molecule is CC(C)NCc1ccc(C[C@@H]2NC(=O)[C@@H](Cc3c[nH]c4ccccc34)NC(=O)[C@@H]3CCC(=O)NCC[C@H](NC(=O)[C@@H]([C@@H](C)O)NC2=O)C(=O)N[C@@H]([C@@H](C)O)C(=O)N[C@@H](CO)C(=O)N[C@H](C(=O)O)CSSC[C@H](NC(=O)[C@@H](N)Cc2ccc(O)cc2)C(=O)N[C@@H](CCCCN)C(=O)N[C@@H](Cc2ccccc2)C(=O)N3)cc1. The van der Waals surface area contributed by atoms with Crippen molar-refractivity contribution in [2.75, 3.05) is 31.2 Å². The van der Waals surface area contributed by atoms with E-state index in [0.29, 0.717) is 46.1 Å². The van der Waals surface area contributed by atoms with Gasteiger partial charge >= 0.3 is 5.97 Å². The minimum Gasteiger partial charge on any atom is -0.508 e. The Labute approximate surface area is 643 Å². The number of aromatic hydroxyl groups is 1. The van der Waals surface area contributed by atoms with Crippen molar-refractivity contribution in [2.45, 2.75) is 189 Å². The Hall–Kier alpha value is -10.2. The highest BCUT2D eigenvalue weighted by molar-refractivity contribution is 8.76. The average Bonchev–Trinajstić information content (AvgIpc) is 1.63. The third kappa shape index (κ3) is 27.1. The van der Waals surface area contributed by atoms with Gasteiger partial charge in [0, 0.05) is 73.4 Å². The van der Waals surface area contributed by atoms with Gasteiger partial charge in [0.25, 0.3) is 0 Å². The highest BCUT2D eigenvalue weighted by Gasteiger charge is 2.40. The van der Waals surface area contributed by atoms with Gasteiger partial charge in [-0.2, -0.15) is 0 Å². The smallest absolute Gasteiger partial charge is 0.327 e. The van der Waals surface area contributed by atoms with E-state index in [9.17, 15) is 63.9 Å². The van der Waals surface area contributed by atoms with Gasteiger partial charge in [-0.3, -0.25) is 57.5 Å². The summed E-state index contributed by atoms with van der Waals surface area (Å²) in [5.74, 6) is -15.3. The molecular weight excluding hydrogens is 1470 g/mol. The summed E-state index contributed by atoms with van der Waals surface area (Å²) in [6.07, 6.45) is -4.16. The van der Waals surface area contributed by atoms with E-state index in [2.05, 4.69) is 74.1 Å². The van der Waals surface area contributed by atoms with Crippen LogP contribution < -0.4 is 80.6 Å². The van der Waals surface area contributed by atoms with Crippen molar-refractivity contribution >= 4 is 109 Å². The van der Waals surface area contributed by atoms with Gasteiger partial charge in [-0.05, 0) is 105 Å². The molecule has 596 valence electrons. The molecule has 36 heteroatoms. The fourth-order valence-electron chi connectivity index (χ4n) is 11.9. The fraction of sp³-hybridized carbons (Fsp3) is 0.473. The standard InChI is InChI=1S/C74H100N16O18S2/c1-39(2)78-34-45-19-17-44(18-20-45)32-55-69(102)90-61(40(3)92)72(105)82-53-27-29-77-60(95)26-25-52(65(98)85-56(68(101)84-55)33-46-35-79-50-15-9-8-14-48(46)50)81-67(100)54(31-42-12-6-5-7-13-42)83-64(97)51(16-10-11-28-75)80-71(104)58(87-63(96)49(76)30-43-21-23-47(94)24-22-43)37-109-110-38-59(74(107)108)88-70(103)57(36-91)86-73(106)62(41(4)93)89-66(53)99/h5-9,12-15,17-24,35,39-41,49,51-59,61-62,78-79,91-94H,10-11,16,25-34,36-38,75-76H2,1-4H3,(H,77,95)(H,80,104)(H,81,100)(H,82,105)(H,83,97)(H,84,101)(H,85,98)(H,86,106)(H,87,96)(H,88,103)(H,89,99)(H,90,102)(H,107,108)/t40-,41-,49+,51+,52+,53+,54+,55+,56-,57+,58+,59+,61-,62+/m1/s1. The molecule has 110 heavy (non-hydrogen) atoms. The number of aliphatic carboxylic acids is 1. The highest BCUT2D eigenvalue weighted by atomic mass is 33.1. The lowest BCUT2D eigenvalue weighted by Gasteiger charge is -2.29. The third-order valence-electron chi connectivity index (χ3n) is 18.2. The summed E-state index contributed by atoms with van der Waals surface area (Å²) >= 11 is 0. The fourth-order valence-corrected chi connectivity index (χ4v) is 14.2. The molecule has 0 unspecified atom stereocenters. The van der Waals surface area contributed by atoms with Gasteiger partial charge in [-0.1, -0.05) is 120 Å². The van der Waals surface area contributed by atoms with Crippen LogP contribution in [0.1, 0.15) is 94.0 Å². The number of aromatic amines is 1. The molecule has 2 aliphatic heterocycles. The Kier molecular flexibility index (Phi) is 34.2. The summed E-state index contributed by atoms with van der Waals surface area (Å²) in [4.78, 5) is 192. The first-order valence-electron chi connectivity index (χ1n) is 36.2. The summed E-state index contributed by atoms with van der Waals surface area (Å²) in [6.45, 7) is 5.08. The number of carboxylic acid groups (broad SMARTS) is 1. The number of nitrogens with two attached hydrogens (primary N) is 2. The second-order valence-electron chi connectivity index (χ2n) is 27.3. The molecule has 4 aromatic carbocycles. The van der Waals surface area contributed by atoms with E-state index in [-0.39, 0.29) is 62.6 Å². The number of phenols is 1. The number of phenolic OH excluding ortho intramolecular Hbond substituents is 1. The number of hydrogen-bond donors (Lipinski definition) is 21. The zero-order valence-corrected chi connectivity index (χ0v) is 63.0. The topological polar surface area (TPSA) is 547 Å². The number of aromatic nitrogens is 1. The lowest BCUT2D eigenvalue weighted by atomic mass is 10.00. The molecule has 1 aromatic heterocycles. The van der Waals surface area contributed by atoms with E-state index < -0.39 is 200 Å². The van der Waals surface area contributed by atoms with E-state index in [1.54, 1.807) is 85.1 Å². The average molecular weight is 1570 g/mol. The molecule has 2 bridgehead atoms. The maximum absolute atomic E-state index is 15.4. The molecule has 7 rings (SSSR count). The van der Waals surface area contributed by atoms with Crippen LogP contribution in [0, 0.1) is 0 Å². The number of para-hydroxylation sites is 1. The van der Waals surface area contributed by atoms with Crippen LogP contribution >= 0.6 is 21.6 Å². The number of hydrogen-bond acceptors (Lipinski definition) is 22. The van der Waals surface area contributed by atoms with Crippen LogP contribution in [0.25, 0.3) is 10.9 Å². The number of rotatable bonds is 21. The second-order valence-corrected chi connectivity index (χ2v) is 29.9. The summed E-state index contributed by atoms with van der Waals surface area (Å²) in [7, 11) is 1.62. The van der Waals surface area contributed by atoms with Crippen molar-refractivity contribution < 1.29 is 87.9 Å². The van der Waals surface area contributed by atoms with Crippen molar-refractivity contribution in [1.29, 1.82) is 0 Å². The molecule has 2 saturated heterocycles. The second kappa shape index (κ2) is 43.3. The van der Waals surface area contributed by atoms with Crippen LogP contribution in [0.5, 0.6) is 5.75 Å². The number of H-pyrrole nitrogens is 1. The summed E-state index contributed by atoms with van der Waals surface area (Å²) in [5, 5.41) is 87.5. The normalized spacial score (nSPS) is 24.3. The van der Waals surface area contributed by atoms with Crippen molar-refractivity contribution in [2.24, 2.45) is 11.5 Å². The van der Waals surface area contributed by atoms with E-state index in [1.807, 2.05) is 13.8 Å². The van der Waals surface area contributed by atoms with Crippen molar-refractivity contribution in [3.63, 3.8) is 0 Å². The van der Waals surface area contributed by atoms with Gasteiger partial charge in [-0.25, -0.2) is 4.79 Å². The van der Waals surface area contributed by atoms with Crippen molar-refractivity contribution in [1.82, 2.24) is 74.1 Å². The Morgan fingerprint density at radius 2 is 1.05 bits per heavy atom. The van der Waals surface area contributed by atoms with Crippen LogP contribution in [0.15, 0.2) is 109 Å². The lowest BCUT2D eigenvalue weighted by Crippen LogP contribution is -2.63. The predicted molar refractivity (Wildman–Crippen MR) is 408 cm³/mol. The monoisotopic (exact) mass is 1560 g/mol. The van der Waals surface area contributed by atoms with Gasteiger partial charge in [0.05, 0.1) is 24.9 Å². The zero-order chi connectivity index (χ0) is 80.1. The summed E-state index contributed by atoms with van der Waals surface area (Å²) in [6, 6.07) is 7.76. The predicted octanol–water partition coefficient (Wildman–Crippen LogP) is -3.04. The molecule has 2 fully saturated rings. The number of nitrogens with one attached hydrogen (secondary N) is 14. The van der Waals surface area contributed by atoms with E-state index in [4.69, 9.17) is 11.5 Å². The molecule has 0 saturated carbocycles. The Morgan fingerprint density at radius 1 is 0.545 bits per heavy atom. The van der Waals surface area contributed by atoms with Crippen LogP contribution in [0.4, 0.5) is 0 Å². The summed E-state index contributed by atoms with van der Waals surface area (Å²) < 4.78 is 0. The van der Waals surface area contributed by atoms with E-state index >= 15 is 24.0 Å². The molecule has 0 aliphatic carbocycles. The third-order valence-corrected chi connectivity index (χ3v) is 20.6. The molecule has 12 amide bonds. The van der Waals surface area contributed by atoms with Crippen molar-refractivity contribution in [3.05, 3.63) is 137 Å². The number of amides is 12. The van der Waals surface area contributed by atoms with E-state index in [0.717, 1.165) is 41.0 Å². The molecule has 0 spiro atoms. The molecule has 34 nitrogen and oxygen atoms in total. The first-order valence-corrected chi connectivity index (χ1v) is 38.7. The van der Waals surface area contributed by atoms with Gasteiger partial charge in [0.1, 0.15) is 72.2 Å². The number of carbonyl (C=O) groups is 13. The van der Waals surface area contributed by atoms with Crippen molar-refractivity contribution in [3.8, 4) is 5.75 Å². The summed E-state index contributed by atoms with van der Waals surface area (Å²) in [5.41, 5.74) is 15.8. The maximum Gasteiger partial charge on any atom is 0.327 e. The Bertz CT molecular complexity index is 3990. The molecule has 0 radical (unpaired) electrons. The minimum atomic E-state index is -2.03. The lowest BCUT2D eigenvalue weighted by molar-refractivity contribution is -0.142. The minimum absolute atomic E-state index is 0.0594. The Balaban J connectivity index is 1.35. The number of carboxylic acids is 1. The number of carbonyl (C=O) groups excluding carboxylic acids is 12. The number of unbranched alkanes of at least 4 members (excludes halogenated alkanes) is 1. The van der Waals surface area contributed by atoms with Crippen LogP contribution in [-0.4, -0.2) is 229 Å². The van der Waals surface area contributed by atoms with Crippen LogP contribution in [0.2, 0.25) is 0 Å². The van der Waals surface area contributed by atoms with Gasteiger partial charge < -0.3 is 111 Å². The van der Waals surface area contributed by atoms with Crippen LogP contribution in [0.3, 0.4) is 0 Å². The zero-order valence-electron chi connectivity index (χ0n) is 61.4. The molecular formula is C74H100N16O18S2. The maximum atomic E-state index is 15.4. The highest BCUT2D eigenvalue weighted by Crippen LogP contribution is 2.25. The molecule has 3 heterocycles.